The number of nitrogens with one attached hydrogen (secondary N) is 1. The second-order valence-electron chi connectivity index (χ2n) is 4.56. The van der Waals surface area contributed by atoms with E-state index in [0.29, 0.717) is 12.2 Å². The number of benzene rings is 1. The molecule has 0 saturated carbocycles. The topological polar surface area (TPSA) is 62.3 Å². The van der Waals surface area contributed by atoms with E-state index in [-0.39, 0.29) is 5.03 Å². The third kappa shape index (κ3) is 1.92. The summed E-state index contributed by atoms with van der Waals surface area (Å²) in [5.41, 5.74) is 2.31. The van der Waals surface area contributed by atoms with Gasteiger partial charge in [-0.2, -0.15) is 8.42 Å². The SMILES string of the molecule is CNc1cccnc1S(=O)(=O)N1CCc2ccccc21. The minimum atomic E-state index is -3.64. The summed E-state index contributed by atoms with van der Waals surface area (Å²) < 4.78 is 27.0. The van der Waals surface area contributed by atoms with Gasteiger partial charge < -0.3 is 5.32 Å². The molecule has 1 aromatic carbocycles. The molecule has 1 aliphatic rings. The zero-order chi connectivity index (χ0) is 14.2. The van der Waals surface area contributed by atoms with Gasteiger partial charge in [0.05, 0.1) is 11.4 Å². The van der Waals surface area contributed by atoms with Crippen molar-refractivity contribution in [3.8, 4) is 0 Å². The highest BCUT2D eigenvalue weighted by Crippen LogP contribution is 2.33. The molecule has 20 heavy (non-hydrogen) atoms. The van der Waals surface area contributed by atoms with Gasteiger partial charge in [-0.3, -0.25) is 4.31 Å². The molecule has 6 heteroatoms. The van der Waals surface area contributed by atoms with Crippen LogP contribution in [0.3, 0.4) is 0 Å². The molecular weight excluding hydrogens is 274 g/mol. The number of nitrogens with zero attached hydrogens (tertiary/aromatic N) is 2. The number of rotatable bonds is 3. The van der Waals surface area contributed by atoms with Crippen molar-refractivity contribution in [3.05, 3.63) is 48.2 Å². The lowest BCUT2D eigenvalue weighted by Crippen LogP contribution is -2.30. The number of sulfonamides is 1. The monoisotopic (exact) mass is 289 g/mol. The van der Waals surface area contributed by atoms with E-state index in [1.807, 2.05) is 24.3 Å². The molecule has 2 heterocycles. The molecule has 3 rings (SSSR count). The van der Waals surface area contributed by atoms with E-state index in [2.05, 4.69) is 10.3 Å². The van der Waals surface area contributed by atoms with E-state index in [0.717, 1.165) is 17.7 Å². The molecule has 0 aliphatic carbocycles. The molecule has 0 fully saturated rings. The van der Waals surface area contributed by atoms with Crippen LogP contribution in [-0.4, -0.2) is 27.0 Å². The van der Waals surface area contributed by atoms with Crippen molar-refractivity contribution < 1.29 is 8.42 Å². The number of aromatic nitrogens is 1. The van der Waals surface area contributed by atoms with Gasteiger partial charge in [-0.15, -0.1) is 0 Å². The van der Waals surface area contributed by atoms with E-state index in [9.17, 15) is 8.42 Å². The summed E-state index contributed by atoms with van der Waals surface area (Å²) in [4.78, 5) is 4.05. The summed E-state index contributed by atoms with van der Waals surface area (Å²) in [6.07, 6.45) is 2.23. The summed E-state index contributed by atoms with van der Waals surface area (Å²) >= 11 is 0. The Balaban J connectivity index is 2.10. The van der Waals surface area contributed by atoms with Gasteiger partial charge in [-0.1, -0.05) is 18.2 Å². The molecule has 0 radical (unpaired) electrons. The van der Waals surface area contributed by atoms with Crippen molar-refractivity contribution in [1.29, 1.82) is 0 Å². The van der Waals surface area contributed by atoms with Crippen molar-refractivity contribution in [1.82, 2.24) is 4.98 Å². The molecule has 1 aromatic heterocycles. The molecule has 2 aromatic rings. The molecule has 1 N–H and O–H groups in total. The molecule has 0 spiro atoms. The molecule has 5 nitrogen and oxygen atoms in total. The molecule has 104 valence electrons. The van der Waals surface area contributed by atoms with Crippen molar-refractivity contribution in [2.24, 2.45) is 0 Å². The summed E-state index contributed by atoms with van der Waals surface area (Å²) in [5.74, 6) is 0. The van der Waals surface area contributed by atoms with Gasteiger partial charge in [0.15, 0.2) is 5.03 Å². The summed E-state index contributed by atoms with van der Waals surface area (Å²) in [5, 5.41) is 2.95. The Labute approximate surface area is 118 Å². The van der Waals surface area contributed by atoms with Gasteiger partial charge in [0.25, 0.3) is 10.0 Å². The summed E-state index contributed by atoms with van der Waals surface area (Å²) in [6.45, 7) is 0.460. The minimum Gasteiger partial charge on any atom is -0.386 e. The minimum absolute atomic E-state index is 0.0687. The maximum atomic E-state index is 12.8. The standard InChI is InChI=1S/C14H15N3O2S/c1-15-12-6-4-9-16-14(12)20(18,19)17-10-8-11-5-2-3-7-13(11)17/h2-7,9,15H,8,10H2,1H3. The lowest BCUT2D eigenvalue weighted by molar-refractivity contribution is 0.589. The number of hydrogen-bond donors (Lipinski definition) is 1. The summed E-state index contributed by atoms with van der Waals surface area (Å²) in [6, 6.07) is 11.0. The van der Waals surface area contributed by atoms with Gasteiger partial charge in [0.2, 0.25) is 0 Å². The third-order valence-corrected chi connectivity index (χ3v) is 5.19. The van der Waals surface area contributed by atoms with Crippen molar-refractivity contribution in [2.45, 2.75) is 11.4 Å². The zero-order valence-electron chi connectivity index (χ0n) is 11.1. The smallest absolute Gasteiger partial charge is 0.283 e. The second-order valence-corrected chi connectivity index (χ2v) is 6.34. The molecule has 0 bridgehead atoms. The number of para-hydroxylation sites is 1. The van der Waals surface area contributed by atoms with Crippen molar-refractivity contribution in [2.75, 3.05) is 23.2 Å². The predicted octanol–water partition coefficient (Wildman–Crippen LogP) is 1.87. The van der Waals surface area contributed by atoms with Crippen LogP contribution in [0.2, 0.25) is 0 Å². The number of pyridine rings is 1. The van der Waals surface area contributed by atoms with Gasteiger partial charge in [-0.05, 0) is 30.2 Å². The Hall–Kier alpha value is -2.08. The average Bonchev–Trinajstić information content (AvgIpc) is 2.92. The van der Waals surface area contributed by atoms with Gasteiger partial charge >= 0.3 is 0 Å². The third-order valence-electron chi connectivity index (χ3n) is 3.42. The molecule has 1 aliphatic heterocycles. The Morgan fingerprint density at radius 3 is 2.80 bits per heavy atom. The lowest BCUT2D eigenvalue weighted by atomic mass is 10.2. The van der Waals surface area contributed by atoms with Gasteiger partial charge in [0.1, 0.15) is 0 Å². The maximum Gasteiger partial charge on any atom is 0.283 e. The van der Waals surface area contributed by atoms with Crippen LogP contribution in [-0.2, 0) is 16.4 Å². The molecule has 0 amide bonds. The Bertz CT molecular complexity index is 744. The first-order chi connectivity index (χ1) is 9.64. The van der Waals surface area contributed by atoms with Crippen molar-refractivity contribution >= 4 is 21.4 Å². The Morgan fingerprint density at radius 2 is 2.00 bits per heavy atom. The quantitative estimate of drug-likeness (QED) is 0.937. The van der Waals surface area contributed by atoms with Crippen LogP contribution in [0.1, 0.15) is 5.56 Å². The first-order valence-electron chi connectivity index (χ1n) is 6.38. The van der Waals surface area contributed by atoms with Crippen LogP contribution in [0.4, 0.5) is 11.4 Å². The first kappa shape index (κ1) is 12.9. The first-order valence-corrected chi connectivity index (χ1v) is 7.82. The highest BCUT2D eigenvalue weighted by atomic mass is 32.2. The molecule has 0 atom stereocenters. The number of anilines is 2. The van der Waals surface area contributed by atoms with E-state index in [4.69, 9.17) is 0 Å². The highest BCUT2D eigenvalue weighted by molar-refractivity contribution is 7.92. The van der Waals surface area contributed by atoms with Crippen LogP contribution in [0.5, 0.6) is 0 Å². The predicted molar refractivity (Wildman–Crippen MR) is 78.5 cm³/mol. The molecular formula is C14H15N3O2S. The molecule has 0 unspecified atom stereocenters. The number of hydrogen-bond acceptors (Lipinski definition) is 4. The van der Waals surface area contributed by atoms with Gasteiger partial charge in [0, 0.05) is 19.8 Å². The fraction of sp³-hybridized carbons (Fsp3) is 0.214. The molecule has 0 saturated heterocycles. The van der Waals surface area contributed by atoms with Crippen LogP contribution in [0.25, 0.3) is 0 Å². The zero-order valence-corrected chi connectivity index (χ0v) is 11.9. The van der Waals surface area contributed by atoms with Crippen LogP contribution in [0.15, 0.2) is 47.6 Å². The fourth-order valence-corrected chi connectivity index (χ4v) is 4.07. The largest absolute Gasteiger partial charge is 0.386 e. The highest BCUT2D eigenvalue weighted by Gasteiger charge is 2.33. The Kier molecular flexibility index (Phi) is 3.10. The van der Waals surface area contributed by atoms with Crippen molar-refractivity contribution in [3.63, 3.8) is 0 Å². The van der Waals surface area contributed by atoms with E-state index in [1.54, 1.807) is 19.2 Å². The summed E-state index contributed by atoms with van der Waals surface area (Å²) in [7, 11) is -1.95. The van der Waals surface area contributed by atoms with Crippen LogP contribution < -0.4 is 9.62 Å². The second kappa shape index (κ2) is 4.79. The van der Waals surface area contributed by atoms with Gasteiger partial charge in [-0.25, -0.2) is 4.98 Å². The maximum absolute atomic E-state index is 12.8. The lowest BCUT2D eigenvalue weighted by Gasteiger charge is -2.20. The van der Waals surface area contributed by atoms with E-state index < -0.39 is 10.0 Å². The van der Waals surface area contributed by atoms with Crippen LogP contribution in [0, 0.1) is 0 Å². The van der Waals surface area contributed by atoms with E-state index in [1.165, 1.54) is 10.5 Å². The number of fused-ring (bicyclic) bond motifs is 1. The average molecular weight is 289 g/mol. The van der Waals surface area contributed by atoms with Crippen LogP contribution >= 0.6 is 0 Å². The fourth-order valence-electron chi connectivity index (χ4n) is 2.45. The Morgan fingerprint density at radius 1 is 1.20 bits per heavy atom. The van der Waals surface area contributed by atoms with E-state index >= 15 is 0 Å². The normalized spacial score (nSPS) is 14.2.